The highest BCUT2D eigenvalue weighted by Crippen LogP contribution is 1.91. The summed E-state index contributed by atoms with van der Waals surface area (Å²) in [5, 5.41) is 15.1. The van der Waals surface area contributed by atoms with Crippen molar-refractivity contribution in [1.29, 1.82) is 5.41 Å². The van der Waals surface area contributed by atoms with Gasteiger partial charge in [-0.2, -0.15) is 0 Å². The molecule has 0 aliphatic carbocycles. The van der Waals surface area contributed by atoms with E-state index in [4.69, 9.17) is 10.5 Å². The van der Waals surface area contributed by atoms with Crippen molar-refractivity contribution >= 4 is 20.8 Å². The summed E-state index contributed by atoms with van der Waals surface area (Å²) in [5.74, 6) is -0.926. The van der Waals surface area contributed by atoms with Gasteiger partial charge < -0.3 is 10.0 Å². The molecular weight excluding hydrogens is 139 g/mol. The first-order valence-electron chi connectivity index (χ1n) is 2.31. The molecule has 0 aliphatic heterocycles. The van der Waals surface area contributed by atoms with E-state index in [1.807, 2.05) is 0 Å². The lowest BCUT2D eigenvalue weighted by atomic mass is 10.6. The zero-order valence-corrected chi connectivity index (χ0v) is 6.24. The number of rotatable bonds is 2. The van der Waals surface area contributed by atoms with Gasteiger partial charge in [0.05, 0.1) is 0 Å². The molecule has 0 radical (unpaired) electrons. The Kier molecular flexibility index (Phi) is 3.17. The fraction of sp³-hybridized carbons (Fsp3) is 0.500. The number of hydrogen-bond acceptors (Lipinski definition) is 2. The van der Waals surface area contributed by atoms with Crippen LogP contribution in [0.2, 0.25) is 0 Å². The number of hydrogen-bond donors (Lipinski definition) is 2. The Labute approximate surface area is 55.6 Å². The van der Waals surface area contributed by atoms with Crippen LogP contribution < -0.4 is 0 Å². The summed E-state index contributed by atoms with van der Waals surface area (Å²) in [6, 6.07) is 0. The Bertz CT molecular complexity index is 137. The van der Waals surface area contributed by atoms with Gasteiger partial charge in [-0.1, -0.05) is 9.24 Å². The molecule has 0 amide bonds. The van der Waals surface area contributed by atoms with Crippen molar-refractivity contribution in [3.63, 3.8) is 0 Å². The van der Waals surface area contributed by atoms with Crippen LogP contribution in [0.4, 0.5) is 0 Å². The highest BCUT2D eigenvalue weighted by Gasteiger charge is 2.02. The monoisotopic (exact) mass is 148 g/mol. The maximum absolute atomic E-state index is 9.97. The number of carboxylic acid groups (broad SMARTS) is 1. The molecule has 0 saturated heterocycles. The molecule has 2 N–H and O–H groups in total. The second-order valence-corrected chi connectivity index (χ2v) is 2.18. The Morgan fingerprint density at radius 2 is 2.33 bits per heavy atom. The van der Waals surface area contributed by atoms with E-state index < -0.39 is 5.97 Å². The number of carbonyl (C=O) groups is 1. The quantitative estimate of drug-likeness (QED) is 0.324. The molecular formula is C4H9N2O2P. The van der Waals surface area contributed by atoms with Crippen LogP contribution in [0.25, 0.3) is 0 Å². The van der Waals surface area contributed by atoms with E-state index in [9.17, 15) is 4.79 Å². The van der Waals surface area contributed by atoms with Crippen LogP contribution in [-0.2, 0) is 4.79 Å². The van der Waals surface area contributed by atoms with Gasteiger partial charge in [-0.05, 0) is 0 Å². The van der Waals surface area contributed by atoms with Crippen LogP contribution in [0.3, 0.4) is 0 Å². The highest BCUT2D eigenvalue weighted by atomic mass is 31.0. The van der Waals surface area contributed by atoms with Crippen LogP contribution in [0.15, 0.2) is 0 Å². The van der Waals surface area contributed by atoms with Gasteiger partial charge >= 0.3 is 5.97 Å². The fourth-order valence-electron chi connectivity index (χ4n) is 0.288. The molecule has 0 aliphatic rings. The Morgan fingerprint density at radius 3 is 2.44 bits per heavy atom. The predicted octanol–water partition coefficient (Wildman–Crippen LogP) is -0.187. The minimum Gasteiger partial charge on any atom is -0.480 e. The maximum atomic E-state index is 9.97. The molecule has 4 nitrogen and oxygen atoms in total. The third kappa shape index (κ3) is 3.91. The average Bonchev–Trinajstić information content (AvgIpc) is 1.63. The lowest BCUT2D eigenvalue weighted by Gasteiger charge is -2.12. The summed E-state index contributed by atoms with van der Waals surface area (Å²) in [6.07, 6.45) is 0. The summed E-state index contributed by atoms with van der Waals surface area (Å²) >= 11 is 0. The van der Waals surface area contributed by atoms with Crippen LogP contribution >= 0.6 is 9.24 Å². The second kappa shape index (κ2) is 3.41. The van der Waals surface area contributed by atoms with Crippen molar-refractivity contribution in [1.82, 2.24) is 4.90 Å². The summed E-state index contributed by atoms with van der Waals surface area (Å²) < 4.78 is 0. The van der Waals surface area contributed by atoms with E-state index in [1.165, 1.54) is 4.90 Å². The predicted molar refractivity (Wildman–Crippen MR) is 37.7 cm³/mol. The van der Waals surface area contributed by atoms with E-state index in [0.717, 1.165) is 0 Å². The largest absolute Gasteiger partial charge is 0.480 e. The lowest BCUT2D eigenvalue weighted by molar-refractivity contribution is -0.137. The van der Waals surface area contributed by atoms with Crippen LogP contribution in [0, 0.1) is 5.41 Å². The maximum Gasteiger partial charge on any atom is 0.323 e. The van der Waals surface area contributed by atoms with Gasteiger partial charge in [0.25, 0.3) is 0 Å². The summed E-state index contributed by atoms with van der Waals surface area (Å²) in [4.78, 5) is 11.3. The molecule has 0 rings (SSSR count). The summed E-state index contributed by atoms with van der Waals surface area (Å²) in [6.45, 7) is -0.123. The van der Waals surface area contributed by atoms with Crippen molar-refractivity contribution in [2.24, 2.45) is 0 Å². The van der Waals surface area contributed by atoms with E-state index in [2.05, 4.69) is 9.24 Å². The first-order chi connectivity index (χ1) is 4.04. The van der Waals surface area contributed by atoms with Gasteiger partial charge in [-0.15, -0.1) is 0 Å². The van der Waals surface area contributed by atoms with E-state index in [0.29, 0.717) is 0 Å². The van der Waals surface area contributed by atoms with E-state index in [1.54, 1.807) is 7.05 Å². The van der Waals surface area contributed by atoms with Crippen molar-refractivity contribution in [3.05, 3.63) is 0 Å². The molecule has 0 aromatic rings. The number of nitrogens with one attached hydrogen (secondary N) is 1. The van der Waals surface area contributed by atoms with E-state index in [-0.39, 0.29) is 12.1 Å². The number of aliphatic carboxylic acids is 1. The molecule has 1 unspecified atom stereocenters. The van der Waals surface area contributed by atoms with Crippen LogP contribution in [-0.4, -0.2) is 35.1 Å². The van der Waals surface area contributed by atoms with Gasteiger partial charge in [0.15, 0.2) is 0 Å². The highest BCUT2D eigenvalue weighted by molar-refractivity contribution is 7.40. The van der Waals surface area contributed by atoms with Gasteiger partial charge in [-0.25, -0.2) is 0 Å². The zero-order valence-electron chi connectivity index (χ0n) is 5.09. The molecule has 52 valence electrons. The minimum atomic E-state index is -0.926. The normalized spacial score (nSPS) is 8.67. The summed E-state index contributed by atoms with van der Waals surface area (Å²) in [5.41, 5.74) is 0.178. The number of carboxylic acids is 1. The Hall–Kier alpha value is -0.630. The molecule has 0 heterocycles. The molecule has 0 aromatic carbocycles. The molecule has 1 atom stereocenters. The molecule has 0 saturated carbocycles. The first kappa shape index (κ1) is 8.37. The van der Waals surface area contributed by atoms with Crippen molar-refractivity contribution < 1.29 is 9.90 Å². The third-order valence-electron chi connectivity index (χ3n) is 0.784. The van der Waals surface area contributed by atoms with Crippen molar-refractivity contribution in [3.8, 4) is 0 Å². The van der Waals surface area contributed by atoms with Crippen molar-refractivity contribution in [2.45, 2.75) is 0 Å². The summed E-state index contributed by atoms with van der Waals surface area (Å²) in [7, 11) is 3.65. The smallest absolute Gasteiger partial charge is 0.323 e. The first-order valence-corrected chi connectivity index (χ1v) is 2.88. The number of amidine groups is 1. The van der Waals surface area contributed by atoms with Gasteiger partial charge in [0.2, 0.25) is 0 Å². The molecule has 0 fully saturated rings. The molecule has 9 heavy (non-hydrogen) atoms. The molecule has 0 bridgehead atoms. The minimum absolute atomic E-state index is 0.123. The number of likely N-dealkylation sites (N-methyl/N-ethyl adjacent to an activating group) is 1. The van der Waals surface area contributed by atoms with Crippen LogP contribution in [0.5, 0.6) is 0 Å². The van der Waals surface area contributed by atoms with Gasteiger partial charge in [0.1, 0.15) is 12.1 Å². The average molecular weight is 148 g/mol. The Morgan fingerprint density at radius 1 is 1.89 bits per heavy atom. The molecule has 5 heteroatoms. The van der Waals surface area contributed by atoms with Crippen molar-refractivity contribution in [2.75, 3.05) is 13.6 Å². The van der Waals surface area contributed by atoms with Gasteiger partial charge in [-0.3, -0.25) is 10.2 Å². The standard InChI is InChI=1S/C4H9N2O2P/c1-6(4(5)9)2-3(7)8/h5H,2,9H2,1H3,(H,7,8). The van der Waals surface area contributed by atoms with Gasteiger partial charge in [0, 0.05) is 7.05 Å². The zero-order chi connectivity index (χ0) is 7.44. The Balaban J connectivity index is 3.63. The topological polar surface area (TPSA) is 64.4 Å². The number of nitrogens with zero attached hydrogens (tertiary/aromatic N) is 1. The molecule has 0 aromatic heterocycles. The lowest BCUT2D eigenvalue weighted by Crippen LogP contribution is -2.27. The molecule has 0 spiro atoms. The van der Waals surface area contributed by atoms with E-state index >= 15 is 0 Å². The van der Waals surface area contributed by atoms with Crippen LogP contribution in [0.1, 0.15) is 0 Å². The third-order valence-corrected chi connectivity index (χ3v) is 1.22. The SMILES string of the molecule is CN(CC(=O)O)C(=N)P. The fourth-order valence-corrected chi connectivity index (χ4v) is 0.379. The second-order valence-electron chi connectivity index (χ2n) is 1.64.